The molecule has 0 spiro atoms. The summed E-state index contributed by atoms with van der Waals surface area (Å²) in [7, 11) is -3.20. The monoisotopic (exact) mass is 347 g/mol. The number of hydrogen-bond acceptors (Lipinski definition) is 3. The molecule has 9 heteroatoms. The van der Waals surface area contributed by atoms with Gasteiger partial charge in [0.25, 0.3) is 0 Å². The van der Waals surface area contributed by atoms with E-state index in [1.807, 2.05) is 0 Å². The molecule has 1 fully saturated rings. The number of carbonyl (C=O) groups excluding carboxylic acids is 1. The molecule has 0 atom stereocenters. The first kappa shape index (κ1) is 17.6. The first-order chi connectivity index (χ1) is 10.7. The maximum Gasteiger partial charge on any atom is 0.315 e. The van der Waals surface area contributed by atoms with Crippen LogP contribution in [0.25, 0.3) is 0 Å². The van der Waals surface area contributed by atoms with Crippen molar-refractivity contribution in [1.82, 2.24) is 14.9 Å². The molecule has 1 aliphatic heterocycles. The fourth-order valence-electron chi connectivity index (χ4n) is 2.46. The molecule has 2 amide bonds. The van der Waals surface area contributed by atoms with Crippen molar-refractivity contribution in [3.63, 3.8) is 0 Å². The van der Waals surface area contributed by atoms with Crippen molar-refractivity contribution in [3.05, 3.63) is 35.4 Å². The Morgan fingerprint density at radius 1 is 1.22 bits per heavy atom. The summed E-state index contributed by atoms with van der Waals surface area (Å²) in [5.74, 6) is -1.40. The molecule has 1 aliphatic rings. The molecule has 128 valence electrons. The number of hydrogen-bond donors (Lipinski definition) is 2. The number of sulfonamides is 1. The van der Waals surface area contributed by atoms with Crippen molar-refractivity contribution in [2.75, 3.05) is 19.3 Å². The number of halogens is 2. The topological polar surface area (TPSA) is 78.5 Å². The highest BCUT2D eigenvalue weighted by atomic mass is 32.2. The van der Waals surface area contributed by atoms with Gasteiger partial charge in [-0.2, -0.15) is 0 Å². The smallest absolute Gasteiger partial charge is 0.315 e. The van der Waals surface area contributed by atoms with Crippen LogP contribution >= 0.6 is 0 Å². The molecule has 1 aromatic rings. The van der Waals surface area contributed by atoms with Gasteiger partial charge in [-0.15, -0.1) is 0 Å². The molecule has 0 aromatic heterocycles. The lowest BCUT2D eigenvalue weighted by atomic mass is 10.1. The van der Waals surface area contributed by atoms with Gasteiger partial charge in [0.2, 0.25) is 10.0 Å². The molecule has 6 nitrogen and oxygen atoms in total. The third-order valence-electron chi connectivity index (χ3n) is 3.63. The van der Waals surface area contributed by atoms with Crippen molar-refractivity contribution >= 4 is 16.1 Å². The molecule has 1 saturated heterocycles. The minimum Gasteiger partial charge on any atom is -0.335 e. The summed E-state index contributed by atoms with van der Waals surface area (Å²) in [4.78, 5) is 11.8. The van der Waals surface area contributed by atoms with Gasteiger partial charge in [0.15, 0.2) is 0 Å². The van der Waals surface area contributed by atoms with E-state index in [0.717, 1.165) is 24.5 Å². The molecule has 2 rings (SSSR count). The SMILES string of the molecule is CS(=O)(=O)N1CCC(NC(=O)NCc2cc(F)cc(F)c2)CC1. The van der Waals surface area contributed by atoms with Crippen molar-refractivity contribution in [1.29, 1.82) is 0 Å². The Morgan fingerprint density at radius 2 is 1.78 bits per heavy atom. The Balaban J connectivity index is 1.77. The lowest BCUT2D eigenvalue weighted by molar-refractivity contribution is 0.227. The minimum absolute atomic E-state index is 0.00268. The fraction of sp³-hybridized carbons (Fsp3) is 0.500. The van der Waals surface area contributed by atoms with E-state index in [2.05, 4.69) is 10.6 Å². The van der Waals surface area contributed by atoms with E-state index in [1.165, 1.54) is 4.31 Å². The molecule has 1 heterocycles. The van der Waals surface area contributed by atoms with E-state index in [-0.39, 0.29) is 12.6 Å². The summed E-state index contributed by atoms with van der Waals surface area (Å²) in [6.45, 7) is 0.723. The van der Waals surface area contributed by atoms with E-state index >= 15 is 0 Å². The third-order valence-corrected chi connectivity index (χ3v) is 4.94. The summed E-state index contributed by atoms with van der Waals surface area (Å²) in [5.41, 5.74) is 0.324. The van der Waals surface area contributed by atoms with E-state index in [9.17, 15) is 22.0 Å². The van der Waals surface area contributed by atoms with E-state index in [4.69, 9.17) is 0 Å². The highest BCUT2D eigenvalue weighted by Gasteiger charge is 2.25. The van der Waals surface area contributed by atoms with Crippen LogP contribution in [0.15, 0.2) is 18.2 Å². The molecular weight excluding hydrogens is 328 g/mol. The molecule has 0 unspecified atom stereocenters. The van der Waals surface area contributed by atoms with Crippen LogP contribution in [0.2, 0.25) is 0 Å². The number of carbonyl (C=O) groups is 1. The predicted molar refractivity (Wildman–Crippen MR) is 81.2 cm³/mol. The second kappa shape index (κ2) is 7.22. The highest BCUT2D eigenvalue weighted by Crippen LogP contribution is 2.13. The second-order valence-electron chi connectivity index (χ2n) is 5.54. The first-order valence-electron chi connectivity index (χ1n) is 7.18. The number of amides is 2. The zero-order valence-electron chi connectivity index (χ0n) is 12.7. The van der Waals surface area contributed by atoms with Crippen molar-refractivity contribution in [2.45, 2.75) is 25.4 Å². The largest absolute Gasteiger partial charge is 0.335 e. The number of nitrogens with zero attached hydrogens (tertiary/aromatic N) is 1. The van der Waals surface area contributed by atoms with Crippen molar-refractivity contribution in [2.24, 2.45) is 0 Å². The average Bonchev–Trinajstić information content (AvgIpc) is 2.44. The van der Waals surface area contributed by atoms with Gasteiger partial charge in [-0.05, 0) is 30.5 Å². The summed E-state index contributed by atoms with van der Waals surface area (Å²) in [6, 6.07) is 2.48. The quantitative estimate of drug-likeness (QED) is 0.859. The lowest BCUT2D eigenvalue weighted by Crippen LogP contribution is -2.48. The molecule has 0 bridgehead atoms. The van der Waals surface area contributed by atoms with Crippen LogP contribution in [0.3, 0.4) is 0 Å². The Morgan fingerprint density at radius 3 is 2.30 bits per heavy atom. The van der Waals surface area contributed by atoms with E-state index in [1.54, 1.807) is 0 Å². The van der Waals surface area contributed by atoms with Gasteiger partial charge in [0, 0.05) is 31.7 Å². The van der Waals surface area contributed by atoms with Gasteiger partial charge < -0.3 is 10.6 Å². The number of benzene rings is 1. The number of rotatable bonds is 4. The van der Waals surface area contributed by atoms with Crippen LogP contribution in [0.4, 0.5) is 13.6 Å². The van der Waals surface area contributed by atoms with Gasteiger partial charge in [0.1, 0.15) is 11.6 Å². The lowest BCUT2D eigenvalue weighted by Gasteiger charge is -2.30. The summed E-state index contributed by atoms with van der Waals surface area (Å²) >= 11 is 0. The molecule has 1 aromatic carbocycles. The van der Waals surface area contributed by atoms with Crippen molar-refractivity contribution < 1.29 is 22.0 Å². The van der Waals surface area contributed by atoms with Gasteiger partial charge in [-0.25, -0.2) is 26.3 Å². The van der Waals surface area contributed by atoms with Crippen LogP contribution in [-0.4, -0.2) is 44.1 Å². The zero-order valence-corrected chi connectivity index (χ0v) is 13.5. The molecule has 23 heavy (non-hydrogen) atoms. The van der Waals surface area contributed by atoms with Crippen LogP contribution in [-0.2, 0) is 16.6 Å². The average molecular weight is 347 g/mol. The maximum atomic E-state index is 13.0. The molecule has 0 saturated carbocycles. The molecule has 0 radical (unpaired) electrons. The van der Waals surface area contributed by atoms with Crippen LogP contribution in [0.5, 0.6) is 0 Å². The van der Waals surface area contributed by atoms with Crippen LogP contribution in [0.1, 0.15) is 18.4 Å². The van der Waals surface area contributed by atoms with E-state index < -0.39 is 27.7 Å². The van der Waals surface area contributed by atoms with Gasteiger partial charge in [-0.1, -0.05) is 0 Å². The van der Waals surface area contributed by atoms with Crippen LogP contribution in [0, 0.1) is 11.6 Å². The number of nitrogens with one attached hydrogen (secondary N) is 2. The molecule has 0 aliphatic carbocycles. The van der Waals surface area contributed by atoms with Crippen molar-refractivity contribution in [3.8, 4) is 0 Å². The Labute approximate surface area is 133 Å². The summed E-state index contributed by atoms with van der Waals surface area (Å²) < 4.78 is 50.2. The Kier molecular flexibility index (Phi) is 5.53. The first-order valence-corrected chi connectivity index (χ1v) is 9.03. The predicted octanol–water partition coefficient (Wildman–Crippen LogP) is 1.19. The van der Waals surface area contributed by atoms with Gasteiger partial charge >= 0.3 is 6.03 Å². The Bertz CT molecular complexity index is 654. The summed E-state index contributed by atoms with van der Waals surface area (Å²) in [5, 5.41) is 5.26. The Hall–Kier alpha value is -1.74. The standard InChI is InChI=1S/C14H19F2N3O3S/c1-23(21,22)19-4-2-13(3-5-19)18-14(20)17-9-10-6-11(15)8-12(16)7-10/h6-8,13H,2-5,9H2,1H3,(H2,17,18,20). The second-order valence-corrected chi connectivity index (χ2v) is 7.52. The fourth-order valence-corrected chi connectivity index (χ4v) is 3.34. The number of piperidine rings is 1. The summed E-state index contributed by atoms with van der Waals surface area (Å²) in [6.07, 6.45) is 2.20. The normalized spacial score (nSPS) is 17.0. The van der Waals surface area contributed by atoms with E-state index in [0.29, 0.717) is 31.5 Å². The van der Waals surface area contributed by atoms with Crippen LogP contribution < -0.4 is 10.6 Å². The van der Waals surface area contributed by atoms with Gasteiger partial charge in [-0.3, -0.25) is 0 Å². The third kappa shape index (κ3) is 5.43. The number of urea groups is 1. The maximum absolute atomic E-state index is 13.0. The molecule has 2 N–H and O–H groups in total. The zero-order chi connectivity index (χ0) is 17.0. The van der Waals surface area contributed by atoms with Gasteiger partial charge in [0.05, 0.1) is 6.26 Å². The minimum atomic E-state index is -3.20. The molecular formula is C14H19F2N3O3S. The highest BCUT2D eigenvalue weighted by molar-refractivity contribution is 7.88.